The van der Waals surface area contributed by atoms with Crippen LogP contribution in [0.4, 0.5) is 5.82 Å². The molecule has 1 aromatic carbocycles. The average molecular weight is 329 g/mol. The van der Waals surface area contributed by atoms with Gasteiger partial charge in [-0.05, 0) is 52.3 Å². The van der Waals surface area contributed by atoms with Crippen LogP contribution in [0.3, 0.4) is 0 Å². The summed E-state index contributed by atoms with van der Waals surface area (Å²) < 4.78 is 27.0. The number of hydrogen-bond acceptors (Lipinski definition) is 4. The topological polar surface area (TPSA) is 79.3 Å². The summed E-state index contributed by atoms with van der Waals surface area (Å²) in [7, 11) is -3.68. The zero-order valence-corrected chi connectivity index (χ0v) is 11.4. The van der Waals surface area contributed by atoms with Crippen LogP contribution >= 0.6 is 15.9 Å². The normalized spacial score (nSPS) is 11.2. The summed E-state index contributed by atoms with van der Waals surface area (Å²) in [5.74, 6) is 0.238. The number of rotatable bonds is 3. The van der Waals surface area contributed by atoms with Gasteiger partial charge in [0.05, 0.1) is 4.90 Å². The Bertz CT molecular complexity index is 639. The van der Waals surface area contributed by atoms with E-state index in [-0.39, 0.29) is 16.5 Å². The van der Waals surface area contributed by atoms with Crippen molar-refractivity contribution in [2.45, 2.75) is 4.90 Å². The summed E-state index contributed by atoms with van der Waals surface area (Å²) in [6.45, 7) is 0. The first kappa shape index (κ1) is 12.8. The molecule has 0 spiro atoms. The fourth-order valence-electron chi connectivity index (χ4n) is 1.26. The minimum atomic E-state index is -3.68. The predicted octanol–water partition coefficient (Wildman–Crippen LogP) is 2.35. The van der Waals surface area contributed by atoms with Gasteiger partial charge in [-0.1, -0.05) is 0 Å². The van der Waals surface area contributed by atoms with Crippen molar-refractivity contribution in [3.05, 3.63) is 47.1 Å². The molecule has 0 unspecified atom stereocenters. The zero-order valence-electron chi connectivity index (χ0n) is 9.04. The Balaban J connectivity index is 2.27. The minimum Gasteiger partial charge on any atom is -0.508 e. The monoisotopic (exact) mass is 328 g/mol. The van der Waals surface area contributed by atoms with E-state index in [1.807, 2.05) is 0 Å². The molecule has 2 N–H and O–H groups in total. The van der Waals surface area contributed by atoms with E-state index in [9.17, 15) is 8.42 Å². The van der Waals surface area contributed by atoms with Crippen molar-refractivity contribution in [1.82, 2.24) is 4.98 Å². The third kappa shape index (κ3) is 2.99. The minimum absolute atomic E-state index is 0.00992. The van der Waals surface area contributed by atoms with Crippen LogP contribution in [0.15, 0.2) is 52.0 Å². The largest absolute Gasteiger partial charge is 0.508 e. The number of pyridine rings is 1. The lowest BCUT2D eigenvalue weighted by molar-refractivity contribution is 0.475. The highest BCUT2D eigenvalue weighted by Gasteiger charge is 2.14. The van der Waals surface area contributed by atoms with Crippen LogP contribution in [0.5, 0.6) is 5.75 Å². The first-order chi connectivity index (χ1) is 8.47. The predicted molar refractivity (Wildman–Crippen MR) is 70.9 cm³/mol. The lowest BCUT2D eigenvalue weighted by Gasteiger charge is -2.07. The van der Waals surface area contributed by atoms with Crippen LogP contribution in [0.25, 0.3) is 0 Å². The smallest absolute Gasteiger partial charge is 0.263 e. The maximum atomic E-state index is 12.0. The Morgan fingerprint density at radius 2 is 1.78 bits per heavy atom. The maximum absolute atomic E-state index is 12.0. The summed E-state index contributed by atoms with van der Waals surface area (Å²) >= 11 is 3.21. The highest BCUT2D eigenvalue weighted by Crippen LogP contribution is 2.18. The van der Waals surface area contributed by atoms with Crippen molar-refractivity contribution in [2.24, 2.45) is 0 Å². The number of hydrogen-bond donors (Lipinski definition) is 2. The molecule has 2 aromatic rings. The Labute approximate surface area is 113 Å². The maximum Gasteiger partial charge on any atom is 0.263 e. The van der Waals surface area contributed by atoms with E-state index in [0.29, 0.717) is 0 Å². The first-order valence-electron chi connectivity index (χ1n) is 4.91. The van der Waals surface area contributed by atoms with Crippen LogP contribution in [-0.2, 0) is 10.0 Å². The van der Waals surface area contributed by atoms with Crippen molar-refractivity contribution in [3.8, 4) is 5.75 Å². The van der Waals surface area contributed by atoms with Crippen LogP contribution < -0.4 is 4.72 Å². The molecule has 18 heavy (non-hydrogen) atoms. The van der Waals surface area contributed by atoms with E-state index in [2.05, 4.69) is 25.6 Å². The van der Waals surface area contributed by atoms with Crippen molar-refractivity contribution in [1.29, 1.82) is 0 Å². The van der Waals surface area contributed by atoms with Crippen LogP contribution in [0, 0.1) is 0 Å². The second kappa shape index (κ2) is 4.95. The summed E-state index contributed by atoms with van der Waals surface area (Å²) in [4.78, 5) is 3.98. The molecule has 1 heterocycles. The van der Waals surface area contributed by atoms with Crippen molar-refractivity contribution in [2.75, 3.05) is 4.72 Å². The number of phenolic OH excluding ortho intramolecular Hbond substituents is 1. The second-order valence-electron chi connectivity index (χ2n) is 3.46. The third-order valence-electron chi connectivity index (χ3n) is 2.11. The van der Waals surface area contributed by atoms with Gasteiger partial charge in [0.2, 0.25) is 0 Å². The standard InChI is InChI=1S/C11H9BrN2O3S/c12-8-1-6-11(13-7-8)14-18(16,17)10-4-2-9(15)3-5-10/h1-7,15H,(H,13,14). The van der Waals surface area contributed by atoms with Crippen LogP contribution in [-0.4, -0.2) is 18.5 Å². The quantitative estimate of drug-likeness (QED) is 0.906. The van der Waals surface area contributed by atoms with Crippen molar-refractivity contribution in [3.63, 3.8) is 0 Å². The van der Waals surface area contributed by atoms with E-state index >= 15 is 0 Å². The van der Waals surface area contributed by atoms with Gasteiger partial charge in [0.15, 0.2) is 0 Å². The number of nitrogens with one attached hydrogen (secondary N) is 1. The van der Waals surface area contributed by atoms with Gasteiger partial charge in [-0.3, -0.25) is 4.72 Å². The van der Waals surface area contributed by atoms with Gasteiger partial charge in [-0.15, -0.1) is 0 Å². The summed E-state index contributed by atoms with van der Waals surface area (Å²) in [6.07, 6.45) is 1.49. The van der Waals surface area contributed by atoms with Gasteiger partial charge >= 0.3 is 0 Å². The summed E-state index contributed by atoms with van der Waals surface area (Å²) in [5.41, 5.74) is 0. The van der Waals surface area contributed by atoms with Crippen molar-refractivity contribution < 1.29 is 13.5 Å². The molecule has 0 aliphatic carbocycles. The van der Waals surface area contributed by atoms with E-state index in [4.69, 9.17) is 5.11 Å². The molecule has 0 amide bonds. The van der Waals surface area contributed by atoms with Gasteiger partial charge in [-0.25, -0.2) is 13.4 Å². The molecule has 0 fully saturated rings. The van der Waals surface area contributed by atoms with Gasteiger partial charge < -0.3 is 5.11 Å². The first-order valence-corrected chi connectivity index (χ1v) is 7.18. The average Bonchev–Trinajstić information content (AvgIpc) is 2.32. The molecule has 0 atom stereocenters. The van der Waals surface area contributed by atoms with Crippen molar-refractivity contribution >= 4 is 31.8 Å². The van der Waals surface area contributed by atoms with Crippen LogP contribution in [0.2, 0.25) is 0 Å². The van der Waals surface area contributed by atoms with Gasteiger partial charge in [0.25, 0.3) is 10.0 Å². The van der Waals surface area contributed by atoms with E-state index in [1.165, 1.54) is 30.5 Å². The Hall–Kier alpha value is -1.60. The lowest BCUT2D eigenvalue weighted by atomic mass is 10.3. The number of aromatic nitrogens is 1. The van der Waals surface area contributed by atoms with Crippen LogP contribution in [0.1, 0.15) is 0 Å². The number of aromatic hydroxyl groups is 1. The second-order valence-corrected chi connectivity index (χ2v) is 6.06. The zero-order chi connectivity index (χ0) is 13.2. The number of benzene rings is 1. The highest BCUT2D eigenvalue weighted by molar-refractivity contribution is 9.10. The van der Waals surface area contributed by atoms with Gasteiger partial charge in [0.1, 0.15) is 11.6 Å². The molecule has 0 saturated carbocycles. The number of sulfonamides is 1. The number of phenols is 1. The molecule has 94 valence electrons. The molecule has 0 aliphatic heterocycles. The third-order valence-corrected chi connectivity index (χ3v) is 3.95. The van der Waals surface area contributed by atoms with Gasteiger partial charge in [0, 0.05) is 10.7 Å². The van der Waals surface area contributed by atoms with E-state index < -0.39 is 10.0 Å². The fourth-order valence-corrected chi connectivity index (χ4v) is 2.50. The van der Waals surface area contributed by atoms with E-state index in [0.717, 1.165) is 4.47 Å². The summed E-state index contributed by atoms with van der Waals surface area (Å²) in [5, 5.41) is 9.11. The molecular formula is C11H9BrN2O3S. The SMILES string of the molecule is O=S(=O)(Nc1ccc(Br)cn1)c1ccc(O)cc1. The Morgan fingerprint density at radius 3 is 2.33 bits per heavy atom. The molecule has 2 rings (SSSR count). The number of halogens is 1. The molecule has 0 saturated heterocycles. The number of nitrogens with zero attached hydrogens (tertiary/aromatic N) is 1. The molecule has 0 bridgehead atoms. The molecule has 1 aromatic heterocycles. The molecular weight excluding hydrogens is 320 g/mol. The molecule has 0 aliphatic rings. The fraction of sp³-hybridized carbons (Fsp3) is 0. The Kier molecular flexibility index (Phi) is 3.53. The van der Waals surface area contributed by atoms with Gasteiger partial charge in [-0.2, -0.15) is 0 Å². The highest BCUT2D eigenvalue weighted by atomic mass is 79.9. The Morgan fingerprint density at radius 1 is 1.11 bits per heavy atom. The summed E-state index contributed by atoms with van der Waals surface area (Å²) in [6, 6.07) is 8.48. The lowest BCUT2D eigenvalue weighted by Crippen LogP contribution is -2.13. The number of anilines is 1. The van der Waals surface area contributed by atoms with E-state index in [1.54, 1.807) is 12.1 Å². The molecule has 7 heteroatoms. The molecule has 0 radical (unpaired) electrons. The molecule has 5 nitrogen and oxygen atoms in total.